The number of hydrogen-bond donors (Lipinski definition) is 1. The van der Waals surface area contributed by atoms with Gasteiger partial charge in [0, 0.05) is 5.39 Å². The predicted molar refractivity (Wildman–Crippen MR) is 115 cm³/mol. The minimum atomic E-state index is -1.09. The zero-order chi connectivity index (χ0) is 20.6. The highest BCUT2D eigenvalue weighted by Gasteiger charge is 2.41. The molecule has 2 aromatic rings. The monoisotopic (exact) mass is 436 g/mol. The van der Waals surface area contributed by atoms with E-state index in [1.54, 1.807) is 51.3 Å². The van der Waals surface area contributed by atoms with Crippen LogP contribution in [-0.4, -0.2) is 44.3 Å². The zero-order valence-electron chi connectivity index (χ0n) is 15.3. The number of aromatic nitrogens is 1. The fourth-order valence-corrected chi connectivity index (χ4v) is 4.49. The van der Waals surface area contributed by atoms with Crippen molar-refractivity contribution in [2.75, 3.05) is 7.11 Å². The van der Waals surface area contributed by atoms with E-state index < -0.39 is 17.9 Å². The second kappa shape index (κ2) is 8.06. The molecule has 6 nitrogen and oxygen atoms in total. The van der Waals surface area contributed by atoms with Gasteiger partial charge in [0.25, 0.3) is 5.91 Å². The van der Waals surface area contributed by atoms with E-state index >= 15 is 0 Å². The van der Waals surface area contributed by atoms with Gasteiger partial charge in [-0.05, 0) is 36.3 Å². The Balaban J connectivity index is 2.01. The number of pyridine rings is 1. The fourth-order valence-electron chi connectivity index (χ4n) is 2.97. The molecule has 146 valence electrons. The zero-order valence-corrected chi connectivity index (χ0v) is 17.7. The summed E-state index contributed by atoms with van der Waals surface area (Å²) in [5.41, 5.74) is 1.09. The lowest BCUT2D eigenvalue weighted by Gasteiger charge is -2.26. The first-order chi connectivity index (χ1) is 13.2. The molecule has 0 spiro atoms. The van der Waals surface area contributed by atoms with E-state index in [4.69, 9.17) is 28.6 Å². The molecule has 1 amide bonds. The average molecular weight is 437 g/mol. The molecule has 1 aliphatic rings. The Hall–Kier alpha value is -2.16. The maximum absolute atomic E-state index is 12.8. The molecular weight excluding hydrogens is 420 g/mol. The molecule has 1 aliphatic heterocycles. The Morgan fingerprint density at radius 1 is 1.36 bits per heavy atom. The highest BCUT2D eigenvalue weighted by Crippen LogP contribution is 2.36. The molecule has 1 aromatic heterocycles. The highest BCUT2D eigenvalue weighted by atomic mass is 35.5. The van der Waals surface area contributed by atoms with Gasteiger partial charge >= 0.3 is 5.97 Å². The van der Waals surface area contributed by atoms with E-state index in [2.05, 4.69) is 4.98 Å². The Morgan fingerprint density at radius 2 is 2.07 bits per heavy atom. The van der Waals surface area contributed by atoms with E-state index in [-0.39, 0.29) is 10.2 Å². The number of carboxylic acids is 1. The molecule has 0 saturated carbocycles. The van der Waals surface area contributed by atoms with Crippen molar-refractivity contribution >= 4 is 68.8 Å². The Kier molecular flexibility index (Phi) is 5.92. The number of aliphatic carboxylic acids is 1. The third-order valence-corrected chi connectivity index (χ3v) is 5.93. The van der Waals surface area contributed by atoms with Gasteiger partial charge in [-0.3, -0.25) is 9.69 Å². The summed E-state index contributed by atoms with van der Waals surface area (Å²) in [6, 6.07) is 5.97. The lowest BCUT2D eigenvalue weighted by molar-refractivity contribution is -0.146. The highest BCUT2D eigenvalue weighted by molar-refractivity contribution is 8.26. The number of benzene rings is 1. The van der Waals surface area contributed by atoms with Crippen LogP contribution in [0.1, 0.15) is 19.5 Å². The standard InChI is InChI=1S/C19H17ClN2O4S2/c1-9(2)16(18(24)25)22-17(23)14(28-19(22)27)8-10-4-5-11-12(20)6-7-13(26-3)15(11)21-10/h4-9,16H,1-3H3,(H,24,25). The molecule has 1 N–H and O–H groups in total. The van der Waals surface area contributed by atoms with Gasteiger partial charge in [-0.1, -0.05) is 49.4 Å². The minimum Gasteiger partial charge on any atom is -0.494 e. The quantitative estimate of drug-likeness (QED) is 0.555. The number of thioether (sulfide) groups is 1. The van der Waals surface area contributed by atoms with E-state index in [0.717, 1.165) is 22.0 Å². The third kappa shape index (κ3) is 3.72. The van der Waals surface area contributed by atoms with E-state index in [1.165, 1.54) is 0 Å². The van der Waals surface area contributed by atoms with Gasteiger partial charge in [0.05, 0.1) is 22.7 Å². The van der Waals surface area contributed by atoms with Crippen molar-refractivity contribution in [3.05, 3.63) is 39.9 Å². The SMILES string of the molecule is COc1ccc(Cl)c2ccc(C=C3SC(=S)N(C(C(=O)O)C(C)C)C3=O)nc12. The first-order valence-electron chi connectivity index (χ1n) is 8.37. The largest absolute Gasteiger partial charge is 0.494 e. The lowest BCUT2D eigenvalue weighted by atomic mass is 10.0. The second-order valence-electron chi connectivity index (χ2n) is 6.46. The van der Waals surface area contributed by atoms with Gasteiger partial charge in [0.1, 0.15) is 21.6 Å². The minimum absolute atomic E-state index is 0.221. The van der Waals surface area contributed by atoms with Crippen LogP contribution in [0.2, 0.25) is 5.02 Å². The average Bonchev–Trinajstić information content (AvgIpc) is 2.89. The summed E-state index contributed by atoms with van der Waals surface area (Å²) in [4.78, 5) is 30.5. The first-order valence-corrected chi connectivity index (χ1v) is 9.98. The molecule has 0 radical (unpaired) electrons. The van der Waals surface area contributed by atoms with Crippen molar-refractivity contribution < 1.29 is 19.4 Å². The van der Waals surface area contributed by atoms with E-state index in [9.17, 15) is 14.7 Å². The molecular formula is C19H17ClN2O4S2. The van der Waals surface area contributed by atoms with Crippen LogP contribution in [-0.2, 0) is 9.59 Å². The predicted octanol–water partition coefficient (Wildman–Crippen LogP) is 4.21. The van der Waals surface area contributed by atoms with E-state index in [0.29, 0.717) is 26.9 Å². The summed E-state index contributed by atoms with van der Waals surface area (Å²) in [5, 5.41) is 10.8. The summed E-state index contributed by atoms with van der Waals surface area (Å²) < 4.78 is 5.56. The number of carbonyl (C=O) groups is 2. The molecule has 3 rings (SSSR count). The number of carbonyl (C=O) groups excluding carboxylic acids is 1. The molecule has 1 aromatic carbocycles. The number of fused-ring (bicyclic) bond motifs is 1. The summed E-state index contributed by atoms with van der Waals surface area (Å²) in [5.74, 6) is -1.25. The van der Waals surface area contributed by atoms with Crippen LogP contribution in [0.5, 0.6) is 5.75 Å². The van der Waals surface area contributed by atoms with Crippen LogP contribution in [0.3, 0.4) is 0 Å². The maximum atomic E-state index is 12.8. The summed E-state index contributed by atoms with van der Waals surface area (Å²) in [6.07, 6.45) is 1.60. The summed E-state index contributed by atoms with van der Waals surface area (Å²) >= 11 is 12.5. The normalized spacial score (nSPS) is 17.0. The molecule has 2 heterocycles. The summed E-state index contributed by atoms with van der Waals surface area (Å²) in [6.45, 7) is 3.48. The van der Waals surface area contributed by atoms with Crippen LogP contribution >= 0.6 is 35.6 Å². The van der Waals surface area contributed by atoms with Gasteiger partial charge in [-0.2, -0.15) is 0 Å². The third-order valence-electron chi connectivity index (χ3n) is 4.27. The van der Waals surface area contributed by atoms with Gasteiger partial charge in [-0.15, -0.1) is 0 Å². The van der Waals surface area contributed by atoms with Crippen molar-refractivity contribution in [2.24, 2.45) is 5.92 Å². The van der Waals surface area contributed by atoms with Crippen molar-refractivity contribution in [2.45, 2.75) is 19.9 Å². The molecule has 1 fully saturated rings. The van der Waals surface area contributed by atoms with Crippen molar-refractivity contribution in [3.8, 4) is 5.75 Å². The van der Waals surface area contributed by atoms with Gasteiger partial charge in [0.15, 0.2) is 0 Å². The number of rotatable bonds is 5. The van der Waals surface area contributed by atoms with Crippen molar-refractivity contribution in [1.29, 1.82) is 0 Å². The smallest absolute Gasteiger partial charge is 0.327 e. The number of amides is 1. The van der Waals surface area contributed by atoms with Gasteiger partial charge < -0.3 is 9.84 Å². The number of carboxylic acid groups (broad SMARTS) is 1. The number of halogens is 1. The molecule has 0 bridgehead atoms. The number of ether oxygens (including phenoxy) is 1. The molecule has 0 aliphatic carbocycles. The van der Waals surface area contributed by atoms with Crippen LogP contribution in [0.25, 0.3) is 17.0 Å². The van der Waals surface area contributed by atoms with Crippen molar-refractivity contribution in [1.82, 2.24) is 9.88 Å². The maximum Gasteiger partial charge on any atom is 0.327 e. The number of nitrogens with zero attached hydrogens (tertiary/aromatic N) is 2. The molecule has 9 heteroatoms. The van der Waals surface area contributed by atoms with Crippen molar-refractivity contribution in [3.63, 3.8) is 0 Å². The second-order valence-corrected chi connectivity index (χ2v) is 8.54. The molecule has 1 saturated heterocycles. The lowest BCUT2D eigenvalue weighted by Crippen LogP contribution is -2.47. The first kappa shape index (κ1) is 20.6. The van der Waals surface area contributed by atoms with Crippen LogP contribution in [0.4, 0.5) is 0 Å². The van der Waals surface area contributed by atoms with Crippen LogP contribution in [0.15, 0.2) is 29.2 Å². The molecule has 1 unspecified atom stereocenters. The Morgan fingerprint density at radius 3 is 2.68 bits per heavy atom. The topological polar surface area (TPSA) is 79.7 Å². The number of hydrogen-bond acceptors (Lipinski definition) is 6. The Bertz CT molecular complexity index is 1020. The van der Waals surface area contributed by atoms with Crippen LogP contribution in [0, 0.1) is 5.92 Å². The fraction of sp³-hybridized carbons (Fsp3) is 0.263. The van der Waals surface area contributed by atoms with E-state index in [1.807, 2.05) is 0 Å². The number of thiocarbonyl (C=S) groups is 1. The van der Waals surface area contributed by atoms with Gasteiger partial charge in [-0.25, -0.2) is 9.78 Å². The Labute approximate surface area is 176 Å². The molecule has 28 heavy (non-hydrogen) atoms. The van der Waals surface area contributed by atoms with Crippen LogP contribution < -0.4 is 4.74 Å². The molecule has 1 atom stereocenters. The van der Waals surface area contributed by atoms with Gasteiger partial charge in [0.2, 0.25) is 0 Å². The number of methoxy groups -OCH3 is 1. The summed E-state index contributed by atoms with van der Waals surface area (Å²) in [7, 11) is 1.54.